The van der Waals surface area contributed by atoms with Gasteiger partial charge in [0.15, 0.2) is 5.65 Å². The summed E-state index contributed by atoms with van der Waals surface area (Å²) in [6.45, 7) is 6.75. The van der Waals surface area contributed by atoms with Crippen LogP contribution in [0.25, 0.3) is 11.0 Å². The van der Waals surface area contributed by atoms with E-state index < -0.39 is 0 Å². The maximum Gasteiger partial charge on any atom is 0.270 e. The molecule has 0 bridgehead atoms. The third-order valence-corrected chi connectivity index (χ3v) is 8.47. The maximum atomic E-state index is 13.3. The van der Waals surface area contributed by atoms with Crippen molar-refractivity contribution >= 4 is 56.1 Å². The zero-order chi connectivity index (χ0) is 29.6. The topological polar surface area (TPSA) is 123 Å². The van der Waals surface area contributed by atoms with Crippen molar-refractivity contribution in [1.82, 2.24) is 30.4 Å². The number of hydrogen-bond acceptors (Lipinski definition) is 7. The molecule has 2 amide bonds. The quantitative estimate of drug-likeness (QED) is 0.213. The number of nitrogens with one attached hydrogen (secondary N) is 3. The van der Waals surface area contributed by atoms with E-state index in [2.05, 4.69) is 48.9 Å². The van der Waals surface area contributed by atoms with Gasteiger partial charge in [0.25, 0.3) is 11.8 Å². The first-order valence-electron chi connectivity index (χ1n) is 14.1. The molecule has 1 fully saturated rings. The summed E-state index contributed by atoms with van der Waals surface area (Å²) < 4.78 is 8.19. The minimum absolute atomic E-state index is 0.154. The predicted octanol–water partition coefficient (Wildman–Crippen LogP) is 5.28. The largest absolute Gasteiger partial charge is 0.381 e. The Morgan fingerprint density at radius 2 is 1.76 bits per heavy atom. The van der Waals surface area contributed by atoms with Crippen LogP contribution in [0, 0.1) is 0 Å². The Morgan fingerprint density at radius 3 is 2.43 bits per heavy atom. The second-order valence-corrected chi connectivity index (χ2v) is 11.3. The van der Waals surface area contributed by atoms with Gasteiger partial charge < -0.3 is 20.7 Å². The number of carbonyl (C=O) groups excluding carboxylic acids is 2. The molecule has 220 valence electrons. The lowest BCUT2D eigenvalue weighted by atomic mass is 10.0. The molecular weight excluding hydrogens is 622 g/mol. The monoisotopic (exact) mass is 653 g/mol. The van der Waals surface area contributed by atoms with E-state index >= 15 is 0 Å². The summed E-state index contributed by atoms with van der Waals surface area (Å²) in [4.78, 5) is 35.3. The van der Waals surface area contributed by atoms with Crippen LogP contribution in [0.5, 0.6) is 0 Å². The van der Waals surface area contributed by atoms with Gasteiger partial charge in [0, 0.05) is 54.6 Å². The van der Waals surface area contributed by atoms with E-state index in [0.717, 1.165) is 50.9 Å². The molecule has 1 aliphatic rings. The number of anilines is 1. The molecule has 5 rings (SSSR count). The highest BCUT2D eigenvalue weighted by atomic mass is 79.9. The Hall–Kier alpha value is -3.54. The van der Waals surface area contributed by atoms with E-state index in [1.54, 1.807) is 24.3 Å². The molecule has 0 aliphatic carbocycles. The van der Waals surface area contributed by atoms with Crippen molar-refractivity contribution in [2.24, 2.45) is 0 Å². The lowest BCUT2D eigenvalue weighted by Crippen LogP contribution is -2.30. The number of rotatable bonds is 10. The van der Waals surface area contributed by atoms with Crippen LogP contribution < -0.4 is 16.0 Å². The molecule has 42 heavy (non-hydrogen) atoms. The van der Waals surface area contributed by atoms with Crippen LogP contribution in [0.2, 0.25) is 5.02 Å². The highest BCUT2D eigenvalue weighted by molar-refractivity contribution is 9.10. The zero-order valence-corrected chi connectivity index (χ0v) is 25.9. The molecule has 1 aromatic carbocycles. The fourth-order valence-electron chi connectivity index (χ4n) is 4.97. The number of halogens is 2. The van der Waals surface area contributed by atoms with Gasteiger partial charge in [-0.25, -0.2) is 14.6 Å². The van der Waals surface area contributed by atoms with Crippen LogP contribution in [-0.4, -0.2) is 50.8 Å². The second kappa shape index (κ2) is 13.6. The van der Waals surface area contributed by atoms with Crippen molar-refractivity contribution in [3.63, 3.8) is 0 Å². The maximum absolute atomic E-state index is 13.3. The predicted molar refractivity (Wildman–Crippen MR) is 166 cm³/mol. The van der Waals surface area contributed by atoms with Gasteiger partial charge in [-0.15, -0.1) is 0 Å². The summed E-state index contributed by atoms with van der Waals surface area (Å²) in [5.74, 6) is -0.760. The van der Waals surface area contributed by atoms with Gasteiger partial charge in [-0.1, -0.05) is 30.7 Å². The molecular formula is C30H33BrClN7O3. The number of hydrogen-bond donors (Lipinski definition) is 3. The molecule has 1 aliphatic heterocycles. The third-order valence-electron chi connectivity index (χ3n) is 7.25. The molecule has 1 saturated heterocycles. The summed E-state index contributed by atoms with van der Waals surface area (Å²) >= 11 is 9.45. The molecule has 0 atom stereocenters. The van der Waals surface area contributed by atoms with Gasteiger partial charge in [0.2, 0.25) is 0 Å². The number of benzene rings is 1. The second-order valence-electron chi connectivity index (χ2n) is 10.0. The van der Waals surface area contributed by atoms with Crippen molar-refractivity contribution in [1.29, 1.82) is 0 Å². The molecule has 12 heteroatoms. The standard InChI is InChI=1S/C30H33BrClN7O3/c1-3-24-20(27(36-19-10-12-42-13-11-19)21-17-35-39(4-2)28(21)38-24)16-34-30(41)26-7-5-6-25(37-26)29(40)33-15-18-8-9-23(32)22(31)14-18/h5-9,14,17,19H,3-4,10-13,15-16H2,1-2H3,(H,33,40)(H,34,41)(H,36,38). The van der Waals surface area contributed by atoms with E-state index in [1.165, 1.54) is 0 Å². The Balaban J connectivity index is 1.33. The molecule has 0 saturated carbocycles. The number of amides is 2. The summed E-state index contributed by atoms with van der Waals surface area (Å²) in [7, 11) is 0. The van der Waals surface area contributed by atoms with E-state index in [4.69, 9.17) is 21.3 Å². The number of nitrogens with zero attached hydrogens (tertiary/aromatic N) is 4. The smallest absolute Gasteiger partial charge is 0.270 e. The third kappa shape index (κ3) is 6.74. The van der Waals surface area contributed by atoms with Crippen molar-refractivity contribution in [3.8, 4) is 0 Å². The fourth-order valence-corrected chi connectivity index (χ4v) is 5.51. The summed E-state index contributed by atoms with van der Waals surface area (Å²) in [6.07, 6.45) is 4.32. The lowest BCUT2D eigenvalue weighted by molar-refractivity contribution is 0.0904. The van der Waals surface area contributed by atoms with Crippen LogP contribution in [0.15, 0.2) is 47.1 Å². The Bertz CT molecular complexity index is 1600. The first-order valence-corrected chi connectivity index (χ1v) is 15.2. The van der Waals surface area contributed by atoms with E-state index in [1.807, 2.05) is 29.9 Å². The van der Waals surface area contributed by atoms with E-state index in [-0.39, 0.29) is 35.8 Å². The average molecular weight is 655 g/mol. The number of fused-ring (bicyclic) bond motifs is 1. The molecule has 0 radical (unpaired) electrons. The van der Waals surface area contributed by atoms with Crippen molar-refractivity contribution in [3.05, 3.63) is 80.3 Å². The minimum atomic E-state index is -0.380. The van der Waals surface area contributed by atoms with Crippen LogP contribution >= 0.6 is 27.5 Å². The van der Waals surface area contributed by atoms with Gasteiger partial charge in [0.1, 0.15) is 11.4 Å². The van der Waals surface area contributed by atoms with Gasteiger partial charge >= 0.3 is 0 Å². The van der Waals surface area contributed by atoms with Gasteiger partial charge in [-0.2, -0.15) is 5.10 Å². The first-order chi connectivity index (χ1) is 20.4. The van der Waals surface area contributed by atoms with Gasteiger partial charge in [0.05, 0.1) is 22.3 Å². The Labute approximate surface area is 257 Å². The van der Waals surface area contributed by atoms with Crippen molar-refractivity contribution in [2.75, 3.05) is 18.5 Å². The Morgan fingerprint density at radius 1 is 1.05 bits per heavy atom. The van der Waals surface area contributed by atoms with Crippen molar-refractivity contribution < 1.29 is 14.3 Å². The Kier molecular flexibility index (Phi) is 9.71. The molecule has 4 heterocycles. The average Bonchev–Trinajstić information content (AvgIpc) is 3.44. The molecule has 3 N–H and O–H groups in total. The van der Waals surface area contributed by atoms with Crippen LogP contribution in [0.3, 0.4) is 0 Å². The summed E-state index contributed by atoms with van der Waals surface area (Å²) in [5, 5.41) is 15.6. The number of aromatic nitrogens is 4. The van der Waals surface area contributed by atoms with E-state index in [9.17, 15) is 9.59 Å². The number of aryl methyl sites for hydroxylation is 2. The summed E-state index contributed by atoms with van der Waals surface area (Å²) in [5.41, 5.74) is 4.76. The van der Waals surface area contributed by atoms with Gasteiger partial charge in [-0.3, -0.25) is 9.59 Å². The fraction of sp³-hybridized carbons (Fsp3) is 0.367. The van der Waals surface area contributed by atoms with Gasteiger partial charge in [-0.05, 0) is 71.9 Å². The van der Waals surface area contributed by atoms with Crippen LogP contribution in [0.4, 0.5) is 5.69 Å². The molecule has 0 unspecified atom stereocenters. The van der Waals surface area contributed by atoms with Crippen LogP contribution in [-0.2, 0) is 30.8 Å². The molecule has 0 spiro atoms. The normalized spacial score (nSPS) is 13.7. The highest BCUT2D eigenvalue weighted by Crippen LogP contribution is 2.31. The number of carbonyl (C=O) groups is 2. The lowest BCUT2D eigenvalue weighted by Gasteiger charge is -2.26. The van der Waals surface area contributed by atoms with E-state index in [0.29, 0.717) is 37.7 Å². The first kappa shape index (κ1) is 29.9. The zero-order valence-electron chi connectivity index (χ0n) is 23.5. The molecule has 3 aromatic heterocycles. The molecule has 4 aromatic rings. The molecule has 10 nitrogen and oxygen atoms in total. The van der Waals surface area contributed by atoms with Crippen molar-refractivity contribution in [2.45, 2.75) is 58.8 Å². The summed E-state index contributed by atoms with van der Waals surface area (Å²) in [6, 6.07) is 10.5. The minimum Gasteiger partial charge on any atom is -0.381 e. The van der Waals surface area contributed by atoms with Crippen LogP contribution in [0.1, 0.15) is 64.5 Å². The number of ether oxygens (including phenoxy) is 1. The number of pyridine rings is 2. The SMILES string of the molecule is CCc1nc2c(cnn2CC)c(NC2CCOCC2)c1CNC(=O)c1cccc(C(=O)NCc2ccc(Cl)c(Br)c2)n1. The highest BCUT2D eigenvalue weighted by Gasteiger charge is 2.22.